The summed E-state index contributed by atoms with van der Waals surface area (Å²) in [7, 11) is 1.42. The lowest BCUT2D eigenvalue weighted by molar-refractivity contribution is -0.132. The summed E-state index contributed by atoms with van der Waals surface area (Å²) in [5.74, 6) is -1.40. The highest BCUT2D eigenvalue weighted by Gasteiger charge is 2.34. The van der Waals surface area contributed by atoms with Gasteiger partial charge in [-0.2, -0.15) is 0 Å². The first-order valence-corrected chi connectivity index (χ1v) is 9.55. The van der Waals surface area contributed by atoms with Crippen molar-refractivity contribution in [2.24, 2.45) is 0 Å². The monoisotopic (exact) mass is 392 g/mol. The Bertz CT molecular complexity index is 696. The van der Waals surface area contributed by atoms with E-state index in [2.05, 4.69) is 6.08 Å². The molecule has 0 fully saturated rings. The number of aliphatic carboxylic acids is 1. The van der Waals surface area contributed by atoms with E-state index in [-0.39, 0.29) is 30.0 Å². The number of methoxy groups -OCH3 is 1. The fourth-order valence-electron chi connectivity index (χ4n) is 2.98. The van der Waals surface area contributed by atoms with E-state index >= 15 is 0 Å². The third-order valence-electron chi connectivity index (χ3n) is 4.95. The van der Waals surface area contributed by atoms with Gasteiger partial charge < -0.3 is 20.1 Å². The number of carboxylic acid groups (broad SMARTS) is 1. The van der Waals surface area contributed by atoms with E-state index in [4.69, 9.17) is 9.84 Å². The average molecular weight is 392 g/mol. The van der Waals surface area contributed by atoms with Crippen molar-refractivity contribution >= 4 is 11.8 Å². The molecule has 0 aromatic heterocycles. The zero-order valence-electron chi connectivity index (χ0n) is 17.2. The lowest BCUT2D eigenvalue weighted by Gasteiger charge is -2.25. The Hall–Kier alpha value is -2.18. The normalized spacial score (nSPS) is 22.0. The molecule has 0 aromatic carbocycles. The fourth-order valence-corrected chi connectivity index (χ4v) is 2.98. The van der Waals surface area contributed by atoms with Gasteiger partial charge in [-0.15, -0.1) is 0 Å². The maximum atomic E-state index is 12.3. The third kappa shape index (κ3) is 7.44. The second-order valence-electron chi connectivity index (χ2n) is 7.28. The molecule has 6 nitrogen and oxygen atoms in total. The predicted octanol–water partition coefficient (Wildman–Crippen LogP) is 4.02. The number of hydrogen-bond donors (Lipinski definition) is 3. The minimum atomic E-state index is -1.06. The van der Waals surface area contributed by atoms with Crippen LogP contribution in [-0.4, -0.2) is 46.4 Å². The van der Waals surface area contributed by atoms with E-state index in [1.165, 1.54) is 12.7 Å². The van der Waals surface area contributed by atoms with Crippen LogP contribution in [0.3, 0.4) is 0 Å². The molecule has 0 saturated heterocycles. The van der Waals surface area contributed by atoms with Crippen LogP contribution in [0.15, 0.2) is 46.3 Å². The molecule has 0 amide bonds. The summed E-state index contributed by atoms with van der Waals surface area (Å²) in [6, 6.07) is 0. The summed E-state index contributed by atoms with van der Waals surface area (Å²) in [6.45, 7) is 5.59. The maximum absolute atomic E-state index is 12.3. The van der Waals surface area contributed by atoms with Crippen molar-refractivity contribution < 1.29 is 29.6 Å². The van der Waals surface area contributed by atoms with Gasteiger partial charge in [0.2, 0.25) is 0 Å². The highest BCUT2D eigenvalue weighted by Crippen LogP contribution is 2.26. The number of carbonyl (C=O) groups is 2. The number of carboxylic acids is 1. The molecule has 2 atom stereocenters. The van der Waals surface area contributed by atoms with Gasteiger partial charge in [-0.1, -0.05) is 29.4 Å². The van der Waals surface area contributed by atoms with Crippen LogP contribution in [0.25, 0.3) is 0 Å². The lowest BCUT2D eigenvalue weighted by Crippen LogP contribution is -2.36. The Balaban J connectivity index is 2.54. The number of aliphatic hydroxyl groups is 2. The molecule has 1 aliphatic rings. The summed E-state index contributed by atoms with van der Waals surface area (Å²) >= 11 is 0. The number of hydrogen-bond acceptors (Lipinski definition) is 5. The Morgan fingerprint density at radius 3 is 2.25 bits per heavy atom. The van der Waals surface area contributed by atoms with Crippen molar-refractivity contribution in [2.45, 2.75) is 71.5 Å². The molecule has 0 heterocycles. The second kappa shape index (κ2) is 11.6. The van der Waals surface area contributed by atoms with Gasteiger partial charge >= 0.3 is 5.97 Å². The van der Waals surface area contributed by atoms with Crippen molar-refractivity contribution in [2.75, 3.05) is 7.11 Å². The minimum Gasteiger partial charge on any atom is -0.509 e. The van der Waals surface area contributed by atoms with Gasteiger partial charge in [0.1, 0.15) is 18.0 Å². The van der Waals surface area contributed by atoms with Crippen LogP contribution < -0.4 is 0 Å². The molecule has 1 rings (SSSR count). The van der Waals surface area contributed by atoms with Gasteiger partial charge in [0.05, 0.1) is 0 Å². The molecule has 0 aromatic rings. The number of allylic oxidation sites excluding steroid dienone is 5. The van der Waals surface area contributed by atoms with E-state index in [9.17, 15) is 19.8 Å². The van der Waals surface area contributed by atoms with E-state index in [1.807, 2.05) is 19.9 Å². The van der Waals surface area contributed by atoms with E-state index in [0.717, 1.165) is 24.8 Å². The Kier molecular flexibility index (Phi) is 9.90. The van der Waals surface area contributed by atoms with Crippen LogP contribution in [-0.2, 0) is 14.3 Å². The van der Waals surface area contributed by atoms with Crippen molar-refractivity contribution in [1.82, 2.24) is 0 Å². The van der Waals surface area contributed by atoms with Crippen LogP contribution in [0.4, 0.5) is 0 Å². The van der Waals surface area contributed by atoms with Crippen LogP contribution in [0.1, 0.15) is 59.3 Å². The predicted molar refractivity (Wildman–Crippen MR) is 108 cm³/mol. The number of rotatable bonds is 10. The summed E-state index contributed by atoms with van der Waals surface area (Å²) in [5, 5.41) is 28.7. The van der Waals surface area contributed by atoms with Crippen LogP contribution in [0.2, 0.25) is 0 Å². The quantitative estimate of drug-likeness (QED) is 0.383. The summed E-state index contributed by atoms with van der Waals surface area (Å²) in [6.07, 6.45) is 7.53. The average Bonchev–Trinajstić information content (AvgIpc) is 2.64. The molecule has 0 spiro atoms. The molecule has 0 radical (unpaired) electrons. The summed E-state index contributed by atoms with van der Waals surface area (Å²) in [4.78, 5) is 23.0. The largest absolute Gasteiger partial charge is 0.509 e. The van der Waals surface area contributed by atoms with Gasteiger partial charge in [-0.05, 0) is 52.9 Å². The van der Waals surface area contributed by atoms with Crippen molar-refractivity contribution in [3.8, 4) is 0 Å². The van der Waals surface area contributed by atoms with E-state index < -0.39 is 18.2 Å². The number of Topliss-reactive ketones (excluding diaryl/α,β-unsaturated/α-hetero) is 1. The fraction of sp³-hybridized carbons (Fsp3) is 0.545. The molecule has 28 heavy (non-hydrogen) atoms. The number of ether oxygens (including phenoxy) is 1. The second-order valence-corrected chi connectivity index (χ2v) is 7.28. The van der Waals surface area contributed by atoms with E-state index in [0.29, 0.717) is 12.0 Å². The molecule has 0 aliphatic heterocycles. The highest BCUT2D eigenvalue weighted by molar-refractivity contribution is 6.00. The van der Waals surface area contributed by atoms with E-state index in [1.54, 1.807) is 13.0 Å². The summed E-state index contributed by atoms with van der Waals surface area (Å²) in [5.41, 5.74) is 2.88. The van der Waals surface area contributed by atoms with Crippen LogP contribution >= 0.6 is 0 Å². The van der Waals surface area contributed by atoms with Gasteiger partial charge in [-0.25, -0.2) is 4.79 Å². The van der Waals surface area contributed by atoms with Crippen molar-refractivity contribution in [3.05, 3.63) is 46.3 Å². The first kappa shape index (κ1) is 23.9. The lowest BCUT2D eigenvalue weighted by atomic mass is 9.89. The Morgan fingerprint density at radius 1 is 1.11 bits per heavy atom. The number of aliphatic hydroxyl groups excluding tert-OH is 2. The number of ketones is 1. The van der Waals surface area contributed by atoms with Gasteiger partial charge in [0, 0.05) is 24.7 Å². The molecule has 0 saturated carbocycles. The zero-order chi connectivity index (χ0) is 21.3. The first-order valence-electron chi connectivity index (χ1n) is 9.55. The molecule has 0 bridgehead atoms. The van der Waals surface area contributed by atoms with Gasteiger partial charge in [0.15, 0.2) is 5.78 Å². The zero-order valence-corrected chi connectivity index (χ0v) is 17.2. The Morgan fingerprint density at radius 2 is 1.68 bits per heavy atom. The first-order chi connectivity index (χ1) is 13.2. The van der Waals surface area contributed by atoms with Gasteiger partial charge in [0.25, 0.3) is 0 Å². The third-order valence-corrected chi connectivity index (χ3v) is 4.95. The summed E-state index contributed by atoms with van der Waals surface area (Å²) < 4.78 is 5.09. The molecule has 1 aliphatic carbocycles. The molecule has 0 unspecified atom stereocenters. The smallest absolute Gasteiger partial charge is 0.330 e. The van der Waals surface area contributed by atoms with Crippen molar-refractivity contribution in [1.29, 1.82) is 0 Å². The van der Waals surface area contributed by atoms with Crippen LogP contribution in [0.5, 0.6) is 0 Å². The van der Waals surface area contributed by atoms with Crippen molar-refractivity contribution in [3.63, 3.8) is 0 Å². The van der Waals surface area contributed by atoms with Crippen LogP contribution in [0, 0.1) is 0 Å². The molecular weight excluding hydrogens is 360 g/mol. The molecule has 156 valence electrons. The van der Waals surface area contributed by atoms with Gasteiger partial charge in [-0.3, -0.25) is 4.79 Å². The molecular formula is C22H32O6. The standard InChI is InChI=1S/C22H32O6/c1-14(9-6-10-16(3)22(26)27)7-5-8-15(2)11-12-17-20(24)18(23)13-19(28-4)21(17)25/h7,10-11,18-19,23-24H,5-6,8-9,12-13H2,1-4H3,(H,26,27)/t18-,19+/m0/s1. The molecule has 6 heteroatoms. The SMILES string of the molecule is CO[C@@H]1C[C@H](O)C(O)=C(CC=C(C)CCC=C(C)CCC=C(C)C(=O)O)C1=O. The maximum Gasteiger partial charge on any atom is 0.330 e. The molecule has 3 N–H and O–H groups in total. The Labute approximate surface area is 166 Å². The highest BCUT2D eigenvalue weighted by atomic mass is 16.5. The number of carbonyl (C=O) groups excluding carboxylic acids is 1. The topological polar surface area (TPSA) is 104 Å². The minimum absolute atomic E-state index is 0.0820.